The van der Waals surface area contributed by atoms with Crippen LogP contribution in [0.4, 0.5) is 0 Å². The Bertz CT molecular complexity index is 495. The summed E-state index contributed by atoms with van der Waals surface area (Å²) in [5, 5.41) is 7.82. The van der Waals surface area contributed by atoms with Gasteiger partial charge in [0.1, 0.15) is 6.17 Å². The lowest BCUT2D eigenvalue weighted by atomic mass is 10.0. The van der Waals surface area contributed by atoms with Crippen molar-refractivity contribution in [2.45, 2.75) is 58.8 Å². The van der Waals surface area contributed by atoms with Gasteiger partial charge < -0.3 is 4.90 Å². The lowest BCUT2D eigenvalue weighted by molar-refractivity contribution is -0.131. The molecular weight excluding hydrogens is 268 g/mol. The van der Waals surface area contributed by atoms with Crippen LogP contribution >= 0.6 is 11.3 Å². The number of hydrogen-bond donors (Lipinski definition) is 1. The number of hydrogen-bond acceptors (Lipinski definition) is 3. The zero-order valence-corrected chi connectivity index (χ0v) is 13.5. The minimum Gasteiger partial charge on any atom is -0.318 e. The first-order chi connectivity index (χ1) is 9.40. The third-order valence-electron chi connectivity index (χ3n) is 4.55. The van der Waals surface area contributed by atoms with Crippen LogP contribution in [0.3, 0.4) is 0 Å². The quantitative estimate of drug-likeness (QED) is 0.922. The summed E-state index contributed by atoms with van der Waals surface area (Å²) in [5.41, 5.74) is 1.51. The fraction of sp³-hybridized carbons (Fsp3) is 0.688. The van der Waals surface area contributed by atoms with Crippen LogP contribution in [-0.4, -0.2) is 22.9 Å². The van der Waals surface area contributed by atoms with E-state index in [9.17, 15) is 4.79 Å². The highest BCUT2D eigenvalue weighted by Gasteiger charge is 2.56. The summed E-state index contributed by atoms with van der Waals surface area (Å²) in [4.78, 5) is 14.9. The van der Waals surface area contributed by atoms with E-state index in [0.717, 1.165) is 12.8 Å². The van der Waals surface area contributed by atoms with Gasteiger partial charge in [-0.2, -0.15) is 11.3 Å². The van der Waals surface area contributed by atoms with Gasteiger partial charge in [0, 0.05) is 6.04 Å². The number of thiophene rings is 1. The van der Waals surface area contributed by atoms with Crippen molar-refractivity contribution < 1.29 is 4.79 Å². The molecule has 1 N–H and O–H groups in total. The molecule has 3 rings (SSSR count). The number of amides is 1. The molecule has 1 aromatic heterocycles. The molecule has 0 radical (unpaired) electrons. The fourth-order valence-electron chi connectivity index (χ4n) is 3.22. The monoisotopic (exact) mass is 292 g/mol. The summed E-state index contributed by atoms with van der Waals surface area (Å²) in [6.07, 6.45) is 2.11. The predicted molar refractivity (Wildman–Crippen MR) is 82.5 cm³/mol. The molecule has 4 heteroatoms. The average molecular weight is 292 g/mol. The van der Waals surface area contributed by atoms with Gasteiger partial charge in [0.25, 0.3) is 0 Å². The highest BCUT2D eigenvalue weighted by Crippen LogP contribution is 2.52. The molecule has 1 saturated carbocycles. The summed E-state index contributed by atoms with van der Waals surface area (Å²) in [5.74, 6) is 0.831. The van der Waals surface area contributed by atoms with Gasteiger partial charge in [-0.15, -0.1) is 0 Å². The van der Waals surface area contributed by atoms with Gasteiger partial charge in [0.15, 0.2) is 0 Å². The first-order valence-electron chi connectivity index (χ1n) is 7.50. The van der Waals surface area contributed by atoms with E-state index in [1.807, 2.05) is 0 Å². The van der Waals surface area contributed by atoms with Gasteiger partial charge in [-0.1, -0.05) is 27.7 Å². The van der Waals surface area contributed by atoms with E-state index in [0.29, 0.717) is 17.9 Å². The lowest BCUT2D eigenvalue weighted by Gasteiger charge is -2.25. The molecule has 1 saturated heterocycles. The molecule has 0 aromatic carbocycles. The van der Waals surface area contributed by atoms with Crippen LogP contribution < -0.4 is 5.32 Å². The lowest BCUT2D eigenvalue weighted by Crippen LogP contribution is -2.35. The molecule has 3 unspecified atom stereocenters. The zero-order valence-electron chi connectivity index (χ0n) is 12.7. The second-order valence-corrected chi connectivity index (χ2v) is 8.04. The van der Waals surface area contributed by atoms with E-state index < -0.39 is 0 Å². The van der Waals surface area contributed by atoms with Gasteiger partial charge in [-0.3, -0.25) is 10.1 Å². The van der Waals surface area contributed by atoms with Crippen molar-refractivity contribution in [1.29, 1.82) is 0 Å². The molecule has 3 atom stereocenters. The highest BCUT2D eigenvalue weighted by atomic mass is 32.1. The summed E-state index contributed by atoms with van der Waals surface area (Å²) in [6, 6.07) is 2.51. The Morgan fingerprint density at radius 1 is 1.50 bits per heavy atom. The molecule has 2 fully saturated rings. The molecule has 1 aliphatic heterocycles. The van der Waals surface area contributed by atoms with Gasteiger partial charge >= 0.3 is 0 Å². The number of nitrogens with one attached hydrogen (secondary N) is 1. The molecule has 110 valence electrons. The van der Waals surface area contributed by atoms with E-state index in [2.05, 4.69) is 54.7 Å². The molecule has 3 nitrogen and oxygen atoms in total. The number of carbonyl (C=O) groups is 1. The smallest absolute Gasteiger partial charge is 0.241 e. The van der Waals surface area contributed by atoms with Crippen LogP contribution in [0.2, 0.25) is 0 Å². The van der Waals surface area contributed by atoms with Gasteiger partial charge in [0.2, 0.25) is 5.91 Å². The standard InChI is InChI=1S/C16H24N2OS/c1-10(2)7-12-15(19)18(13-8-16(13,3)4)14(17-12)11-5-6-20-9-11/h5-6,9-10,12-14,17H,7-8H2,1-4H3. The van der Waals surface area contributed by atoms with E-state index in [1.165, 1.54) is 5.56 Å². The maximum Gasteiger partial charge on any atom is 0.241 e. The molecule has 0 spiro atoms. The number of carbonyl (C=O) groups excluding carboxylic acids is 1. The molecule has 0 bridgehead atoms. The first-order valence-corrected chi connectivity index (χ1v) is 8.45. The minimum absolute atomic E-state index is 0.0173. The third-order valence-corrected chi connectivity index (χ3v) is 5.25. The topological polar surface area (TPSA) is 32.3 Å². The Hall–Kier alpha value is -0.870. The van der Waals surface area contributed by atoms with Crippen molar-refractivity contribution in [2.75, 3.05) is 0 Å². The summed E-state index contributed by atoms with van der Waals surface area (Å²) in [6.45, 7) is 8.87. The van der Waals surface area contributed by atoms with Crippen molar-refractivity contribution in [3.63, 3.8) is 0 Å². The Balaban J connectivity index is 1.85. The van der Waals surface area contributed by atoms with Crippen molar-refractivity contribution in [2.24, 2.45) is 11.3 Å². The minimum atomic E-state index is -0.0173. The summed E-state index contributed by atoms with van der Waals surface area (Å²) in [7, 11) is 0. The maximum absolute atomic E-state index is 12.8. The molecular formula is C16H24N2OS. The van der Waals surface area contributed by atoms with E-state index in [1.54, 1.807) is 11.3 Å². The average Bonchev–Trinajstić information content (AvgIpc) is 2.77. The van der Waals surface area contributed by atoms with E-state index in [-0.39, 0.29) is 17.6 Å². The predicted octanol–water partition coefficient (Wildman–Crippen LogP) is 3.39. The molecule has 2 aliphatic rings. The Morgan fingerprint density at radius 3 is 2.70 bits per heavy atom. The molecule has 1 aromatic rings. The van der Waals surface area contributed by atoms with Crippen molar-refractivity contribution in [3.05, 3.63) is 22.4 Å². The van der Waals surface area contributed by atoms with Crippen LogP contribution in [0.15, 0.2) is 16.8 Å². The molecule has 1 aliphatic carbocycles. The van der Waals surface area contributed by atoms with Crippen molar-refractivity contribution in [3.8, 4) is 0 Å². The highest BCUT2D eigenvalue weighted by molar-refractivity contribution is 7.07. The second kappa shape index (κ2) is 4.85. The van der Waals surface area contributed by atoms with Gasteiger partial charge in [0.05, 0.1) is 6.04 Å². The number of rotatable bonds is 4. The van der Waals surface area contributed by atoms with Crippen LogP contribution in [-0.2, 0) is 4.79 Å². The second-order valence-electron chi connectivity index (χ2n) is 7.26. The Morgan fingerprint density at radius 2 is 2.20 bits per heavy atom. The summed E-state index contributed by atoms with van der Waals surface area (Å²) >= 11 is 1.70. The molecule has 20 heavy (non-hydrogen) atoms. The maximum atomic E-state index is 12.8. The fourth-order valence-corrected chi connectivity index (χ4v) is 3.90. The van der Waals surface area contributed by atoms with Crippen LogP contribution in [0, 0.1) is 11.3 Å². The summed E-state index contributed by atoms with van der Waals surface area (Å²) < 4.78 is 0. The largest absolute Gasteiger partial charge is 0.318 e. The molecule has 1 amide bonds. The van der Waals surface area contributed by atoms with Gasteiger partial charge in [-0.25, -0.2) is 0 Å². The van der Waals surface area contributed by atoms with Crippen LogP contribution in [0.1, 0.15) is 52.3 Å². The van der Waals surface area contributed by atoms with Crippen LogP contribution in [0.25, 0.3) is 0 Å². The Kier molecular flexibility index (Phi) is 3.41. The van der Waals surface area contributed by atoms with E-state index in [4.69, 9.17) is 0 Å². The third kappa shape index (κ3) is 2.40. The van der Waals surface area contributed by atoms with Crippen molar-refractivity contribution >= 4 is 17.2 Å². The SMILES string of the molecule is CC(C)CC1NC(c2ccsc2)N(C2CC2(C)C)C1=O. The number of nitrogens with zero attached hydrogens (tertiary/aromatic N) is 1. The first kappa shape index (κ1) is 14.1. The van der Waals surface area contributed by atoms with E-state index >= 15 is 0 Å². The van der Waals surface area contributed by atoms with Crippen molar-refractivity contribution in [1.82, 2.24) is 10.2 Å². The Labute approximate surface area is 125 Å². The normalized spacial score (nSPS) is 32.1. The van der Waals surface area contributed by atoms with Gasteiger partial charge in [-0.05, 0) is 46.6 Å². The zero-order chi connectivity index (χ0) is 14.5. The molecule has 2 heterocycles. The van der Waals surface area contributed by atoms with Crippen LogP contribution in [0.5, 0.6) is 0 Å².